The van der Waals surface area contributed by atoms with E-state index in [2.05, 4.69) is 31.1 Å². The maximum Gasteiger partial charge on any atom is 0.0108 e. The van der Waals surface area contributed by atoms with Crippen molar-refractivity contribution in [1.29, 1.82) is 0 Å². The minimum atomic E-state index is 0.773. The molecule has 3 atom stereocenters. The molecule has 2 nitrogen and oxygen atoms in total. The molecule has 124 valence electrons. The molecule has 2 aliphatic carbocycles. The van der Waals surface area contributed by atoms with E-state index < -0.39 is 0 Å². The van der Waals surface area contributed by atoms with Gasteiger partial charge in [-0.1, -0.05) is 33.1 Å². The van der Waals surface area contributed by atoms with Crippen molar-refractivity contribution >= 4 is 0 Å². The van der Waals surface area contributed by atoms with Crippen LogP contribution in [-0.4, -0.2) is 37.6 Å². The summed E-state index contributed by atoms with van der Waals surface area (Å²) < 4.78 is 0. The molecule has 3 unspecified atom stereocenters. The van der Waals surface area contributed by atoms with E-state index in [1.54, 1.807) is 0 Å². The van der Waals surface area contributed by atoms with Gasteiger partial charge in [-0.25, -0.2) is 0 Å². The third-order valence-electron chi connectivity index (χ3n) is 5.74. The third kappa shape index (κ3) is 5.90. The molecular weight excluding hydrogens is 256 g/mol. The predicted octanol–water partition coefficient (Wildman–Crippen LogP) is 4.30. The fourth-order valence-electron chi connectivity index (χ4n) is 4.58. The summed E-state index contributed by atoms with van der Waals surface area (Å²) >= 11 is 0. The van der Waals surface area contributed by atoms with Gasteiger partial charge in [0, 0.05) is 19.1 Å². The monoisotopic (exact) mass is 294 g/mol. The summed E-state index contributed by atoms with van der Waals surface area (Å²) in [6, 6.07) is 0.773. The van der Waals surface area contributed by atoms with Crippen LogP contribution >= 0.6 is 0 Å². The van der Waals surface area contributed by atoms with Gasteiger partial charge >= 0.3 is 0 Å². The van der Waals surface area contributed by atoms with Gasteiger partial charge in [-0.15, -0.1) is 0 Å². The molecule has 2 rings (SSSR count). The van der Waals surface area contributed by atoms with Gasteiger partial charge in [0.15, 0.2) is 0 Å². The van der Waals surface area contributed by atoms with Crippen LogP contribution < -0.4 is 5.32 Å². The largest absolute Gasteiger partial charge is 0.314 e. The molecule has 0 aromatic carbocycles. The quantitative estimate of drug-likeness (QED) is 0.753. The average Bonchev–Trinajstić information content (AvgIpc) is 2.47. The fraction of sp³-hybridized carbons (Fsp3) is 1.00. The van der Waals surface area contributed by atoms with Gasteiger partial charge in [0.25, 0.3) is 0 Å². The summed E-state index contributed by atoms with van der Waals surface area (Å²) in [5.74, 6) is 2.78. The molecule has 2 fully saturated rings. The molecule has 0 spiro atoms. The van der Waals surface area contributed by atoms with E-state index >= 15 is 0 Å². The zero-order valence-electron chi connectivity index (χ0n) is 14.7. The van der Waals surface area contributed by atoms with Crippen molar-refractivity contribution in [2.24, 2.45) is 17.8 Å². The number of nitrogens with one attached hydrogen (secondary N) is 1. The van der Waals surface area contributed by atoms with Gasteiger partial charge in [0.2, 0.25) is 0 Å². The normalized spacial score (nSPS) is 31.7. The zero-order chi connectivity index (χ0) is 15.1. The lowest BCUT2D eigenvalue weighted by atomic mass is 9.78. The van der Waals surface area contributed by atoms with Crippen molar-refractivity contribution in [3.63, 3.8) is 0 Å². The maximum atomic E-state index is 3.82. The Kier molecular flexibility index (Phi) is 7.53. The van der Waals surface area contributed by atoms with Crippen LogP contribution in [-0.2, 0) is 0 Å². The Labute approximate surface area is 133 Å². The molecule has 0 aromatic heterocycles. The van der Waals surface area contributed by atoms with Crippen LogP contribution in [0.2, 0.25) is 0 Å². The van der Waals surface area contributed by atoms with Crippen molar-refractivity contribution in [2.75, 3.05) is 26.7 Å². The summed E-state index contributed by atoms with van der Waals surface area (Å²) in [5.41, 5.74) is 0. The second kappa shape index (κ2) is 9.15. The van der Waals surface area contributed by atoms with Crippen LogP contribution in [0.1, 0.15) is 71.6 Å². The SMILES string of the molecule is CCCNC1CCC(C)CC1CN(C)CC1CCCCC1. The maximum absolute atomic E-state index is 3.82. The molecule has 0 heterocycles. The highest BCUT2D eigenvalue weighted by Gasteiger charge is 2.29. The molecule has 0 aromatic rings. The van der Waals surface area contributed by atoms with Crippen molar-refractivity contribution in [2.45, 2.75) is 77.7 Å². The second-order valence-corrected chi connectivity index (χ2v) is 7.96. The van der Waals surface area contributed by atoms with E-state index in [0.29, 0.717) is 0 Å². The second-order valence-electron chi connectivity index (χ2n) is 7.96. The Hall–Kier alpha value is -0.0800. The molecule has 2 heteroatoms. The van der Waals surface area contributed by atoms with Crippen LogP contribution in [0.15, 0.2) is 0 Å². The van der Waals surface area contributed by atoms with Crippen LogP contribution in [0.4, 0.5) is 0 Å². The fourth-order valence-corrected chi connectivity index (χ4v) is 4.58. The Morgan fingerprint density at radius 1 is 1.00 bits per heavy atom. The third-order valence-corrected chi connectivity index (χ3v) is 5.74. The molecule has 0 bridgehead atoms. The van der Waals surface area contributed by atoms with E-state index in [1.807, 2.05) is 0 Å². The molecule has 0 aliphatic heterocycles. The first-order chi connectivity index (χ1) is 10.2. The van der Waals surface area contributed by atoms with E-state index in [4.69, 9.17) is 0 Å². The highest BCUT2D eigenvalue weighted by molar-refractivity contribution is 4.85. The topological polar surface area (TPSA) is 15.3 Å². The lowest BCUT2D eigenvalue weighted by Crippen LogP contribution is -2.45. The minimum absolute atomic E-state index is 0.773. The molecule has 1 N–H and O–H groups in total. The van der Waals surface area contributed by atoms with E-state index in [0.717, 1.165) is 23.8 Å². The van der Waals surface area contributed by atoms with Gasteiger partial charge < -0.3 is 10.2 Å². The first-order valence-electron chi connectivity index (χ1n) is 9.61. The number of rotatable bonds is 7. The van der Waals surface area contributed by atoms with Gasteiger partial charge in [-0.2, -0.15) is 0 Å². The first-order valence-corrected chi connectivity index (χ1v) is 9.61. The zero-order valence-corrected chi connectivity index (χ0v) is 14.7. The van der Waals surface area contributed by atoms with Crippen LogP contribution in [0.5, 0.6) is 0 Å². The molecule has 2 aliphatic rings. The molecule has 21 heavy (non-hydrogen) atoms. The highest BCUT2D eigenvalue weighted by atomic mass is 15.1. The smallest absolute Gasteiger partial charge is 0.0108 e. The first kappa shape index (κ1) is 17.3. The van der Waals surface area contributed by atoms with Crippen molar-refractivity contribution < 1.29 is 0 Å². The Bertz CT molecular complexity index is 271. The van der Waals surface area contributed by atoms with Gasteiger partial charge in [0.05, 0.1) is 0 Å². The van der Waals surface area contributed by atoms with Crippen molar-refractivity contribution in [3.8, 4) is 0 Å². The molecule has 0 radical (unpaired) electrons. The van der Waals surface area contributed by atoms with Gasteiger partial charge in [0.1, 0.15) is 0 Å². The Balaban J connectivity index is 1.78. The van der Waals surface area contributed by atoms with E-state index in [-0.39, 0.29) is 0 Å². The standard InChI is InChI=1S/C19H38N2/c1-4-12-20-19-11-10-16(2)13-18(19)15-21(3)14-17-8-6-5-7-9-17/h16-20H,4-15H2,1-3H3. The van der Waals surface area contributed by atoms with Crippen LogP contribution in [0.25, 0.3) is 0 Å². The average molecular weight is 295 g/mol. The van der Waals surface area contributed by atoms with Crippen LogP contribution in [0, 0.1) is 17.8 Å². The number of hydrogen-bond acceptors (Lipinski definition) is 2. The van der Waals surface area contributed by atoms with Crippen LogP contribution in [0.3, 0.4) is 0 Å². The molecule has 2 saturated carbocycles. The molecular formula is C19H38N2. The number of nitrogens with zero attached hydrogens (tertiary/aromatic N) is 1. The lowest BCUT2D eigenvalue weighted by Gasteiger charge is -2.38. The van der Waals surface area contributed by atoms with Gasteiger partial charge in [-0.3, -0.25) is 0 Å². The summed E-state index contributed by atoms with van der Waals surface area (Å²) in [7, 11) is 2.37. The summed E-state index contributed by atoms with van der Waals surface area (Å²) in [5, 5.41) is 3.82. The Morgan fingerprint density at radius 2 is 1.76 bits per heavy atom. The predicted molar refractivity (Wildman–Crippen MR) is 92.7 cm³/mol. The highest BCUT2D eigenvalue weighted by Crippen LogP contribution is 2.30. The van der Waals surface area contributed by atoms with E-state index in [9.17, 15) is 0 Å². The molecule has 0 amide bonds. The number of hydrogen-bond donors (Lipinski definition) is 1. The van der Waals surface area contributed by atoms with Gasteiger partial charge in [-0.05, 0) is 69.9 Å². The van der Waals surface area contributed by atoms with Crippen molar-refractivity contribution in [1.82, 2.24) is 10.2 Å². The molecule has 0 saturated heterocycles. The lowest BCUT2D eigenvalue weighted by molar-refractivity contribution is 0.142. The summed E-state index contributed by atoms with van der Waals surface area (Å²) in [6.45, 7) is 8.57. The summed E-state index contributed by atoms with van der Waals surface area (Å²) in [6.07, 6.45) is 12.9. The van der Waals surface area contributed by atoms with Crippen molar-refractivity contribution in [3.05, 3.63) is 0 Å². The van der Waals surface area contributed by atoms with E-state index in [1.165, 1.54) is 77.4 Å². The minimum Gasteiger partial charge on any atom is -0.314 e. The Morgan fingerprint density at radius 3 is 2.48 bits per heavy atom. The summed E-state index contributed by atoms with van der Waals surface area (Å²) in [4.78, 5) is 2.65.